The average Bonchev–Trinajstić information content (AvgIpc) is 3.30. The van der Waals surface area contributed by atoms with Gasteiger partial charge in [0.2, 0.25) is 0 Å². The van der Waals surface area contributed by atoms with Gasteiger partial charge in [-0.05, 0) is 31.2 Å². The van der Waals surface area contributed by atoms with E-state index in [-0.39, 0.29) is 5.41 Å². The second-order valence-corrected chi connectivity index (χ2v) is 7.07. The predicted molar refractivity (Wildman–Crippen MR) is 103 cm³/mol. The highest BCUT2D eigenvalue weighted by atomic mass is 16.7. The minimum Gasteiger partial charge on any atom is -0.463 e. The summed E-state index contributed by atoms with van der Waals surface area (Å²) in [6, 6.07) is 15.0. The van der Waals surface area contributed by atoms with Gasteiger partial charge in [-0.25, -0.2) is 9.48 Å². The Labute approximate surface area is 157 Å². The molecule has 0 spiro atoms. The first-order valence-corrected chi connectivity index (χ1v) is 8.57. The molecule has 1 aromatic carbocycles. The number of nitrogens with zero attached hydrogens (tertiary/aromatic N) is 3. The van der Waals surface area contributed by atoms with Crippen LogP contribution < -0.4 is 5.32 Å². The van der Waals surface area contributed by atoms with Crippen LogP contribution in [0.3, 0.4) is 0 Å². The molecule has 0 saturated carbocycles. The highest BCUT2D eigenvalue weighted by molar-refractivity contribution is 5.96. The maximum absolute atomic E-state index is 12.1. The summed E-state index contributed by atoms with van der Waals surface area (Å²) in [6.45, 7) is 7.95. The minimum absolute atomic E-state index is 0.166. The van der Waals surface area contributed by atoms with Crippen molar-refractivity contribution in [2.24, 2.45) is 5.16 Å². The minimum atomic E-state index is -0.723. The molecule has 2 aromatic heterocycles. The second kappa shape index (κ2) is 7.49. The molecule has 3 aromatic rings. The van der Waals surface area contributed by atoms with E-state index in [0.29, 0.717) is 17.3 Å². The van der Waals surface area contributed by atoms with Crippen LogP contribution in [0.4, 0.5) is 10.6 Å². The van der Waals surface area contributed by atoms with Crippen molar-refractivity contribution in [2.75, 3.05) is 5.32 Å². The maximum Gasteiger partial charge on any atom is 0.439 e. The fourth-order valence-electron chi connectivity index (χ4n) is 2.51. The standard InChI is InChI=1S/C20H22N4O3/c1-14(16-11-8-12-26-16)23-27-19(25)21-18-13-17(20(2,3)4)24(22-18)15-9-6-5-7-10-15/h5-13H,1-4H3,(H,21,22,25). The summed E-state index contributed by atoms with van der Waals surface area (Å²) in [6.07, 6.45) is 0.803. The van der Waals surface area contributed by atoms with Crippen molar-refractivity contribution < 1.29 is 14.0 Å². The van der Waals surface area contributed by atoms with Gasteiger partial charge >= 0.3 is 6.09 Å². The quantitative estimate of drug-likeness (QED) is 0.411. The number of hydrogen-bond acceptors (Lipinski definition) is 5. The fourth-order valence-corrected chi connectivity index (χ4v) is 2.51. The zero-order valence-electron chi connectivity index (χ0n) is 15.8. The number of para-hydroxylation sites is 1. The van der Waals surface area contributed by atoms with E-state index in [4.69, 9.17) is 9.25 Å². The lowest BCUT2D eigenvalue weighted by Crippen LogP contribution is -2.17. The van der Waals surface area contributed by atoms with E-state index in [1.165, 1.54) is 6.26 Å². The summed E-state index contributed by atoms with van der Waals surface area (Å²) in [4.78, 5) is 17.0. The summed E-state index contributed by atoms with van der Waals surface area (Å²) in [5.41, 5.74) is 2.16. The molecule has 0 fully saturated rings. The molecule has 1 amide bonds. The van der Waals surface area contributed by atoms with Gasteiger partial charge in [-0.15, -0.1) is 5.10 Å². The number of benzene rings is 1. The number of aromatic nitrogens is 2. The Morgan fingerprint density at radius 1 is 1.19 bits per heavy atom. The molecular formula is C20H22N4O3. The molecule has 140 valence electrons. The van der Waals surface area contributed by atoms with Gasteiger partial charge in [0, 0.05) is 11.5 Å². The first-order valence-electron chi connectivity index (χ1n) is 8.57. The summed E-state index contributed by atoms with van der Waals surface area (Å²) in [7, 11) is 0. The molecule has 0 bridgehead atoms. The van der Waals surface area contributed by atoms with Gasteiger partial charge in [0.25, 0.3) is 0 Å². The van der Waals surface area contributed by atoms with Crippen molar-refractivity contribution in [3.05, 3.63) is 66.2 Å². The Kier molecular flexibility index (Phi) is 5.12. The van der Waals surface area contributed by atoms with Gasteiger partial charge in [-0.1, -0.05) is 44.1 Å². The number of hydrogen-bond donors (Lipinski definition) is 1. The molecule has 0 aliphatic heterocycles. The Balaban J connectivity index is 1.78. The van der Waals surface area contributed by atoms with E-state index in [1.54, 1.807) is 19.1 Å². The smallest absolute Gasteiger partial charge is 0.439 e. The lowest BCUT2D eigenvalue weighted by Gasteiger charge is -2.19. The molecule has 0 atom stereocenters. The van der Waals surface area contributed by atoms with Crippen LogP contribution in [0.1, 0.15) is 39.1 Å². The van der Waals surface area contributed by atoms with Crippen LogP contribution in [0, 0.1) is 0 Å². The molecule has 27 heavy (non-hydrogen) atoms. The van der Waals surface area contributed by atoms with E-state index >= 15 is 0 Å². The summed E-state index contributed by atoms with van der Waals surface area (Å²) in [5, 5.41) is 10.9. The first-order chi connectivity index (χ1) is 12.8. The van der Waals surface area contributed by atoms with Crippen LogP contribution in [-0.4, -0.2) is 21.6 Å². The Morgan fingerprint density at radius 3 is 2.56 bits per heavy atom. The number of nitrogens with one attached hydrogen (secondary N) is 1. The van der Waals surface area contributed by atoms with Crippen LogP contribution in [0.2, 0.25) is 0 Å². The van der Waals surface area contributed by atoms with Gasteiger partial charge in [0.15, 0.2) is 11.6 Å². The summed E-state index contributed by atoms with van der Waals surface area (Å²) < 4.78 is 7.01. The molecule has 2 heterocycles. The summed E-state index contributed by atoms with van der Waals surface area (Å²) in [5.74, 6) is 0.922. The third-order valence-corrected chi connectivity index (χ3v) is 3.85. The normalized spacial score (nSPS) is 12.1. The molecular weight excluding hydrogens is 344 g/mol. The van der Waals surface area contributed by atoms with Gasteiger partial charge in [0.05, 0.1) is 17.6 Å². The second-order valence-electron chi connectivity index (χ2n) is 7.07. The lowest BCUT2D eigenvalue weighted by molar-refractivity contribution is 0.166. The molecule has 0 aliphatic rings. The fraction of sp³-hybridized carbons (Fsp3) is 0.250. The van der Waals surface area contributed by atoms with E-state index in [1.807, 2.05) is 41.1 Å². The SMILES string of the molecule is CC(=NOC(=O)Nc1cc(C(C)(C)C)n(-c2ccccc2)n1)c1ccco1. The van der Waals surface area contributed by atoms with E-state index in [9.17, 15) is 4.79 Å². The van der Waals surface area contributed by atoms with Crippen molar-refractivity contribution in [1.82, 2.24) is 9.78 Å². The monoisotopic (exact) mass is 366 g/mol. The number of rotatable bonds is 4. The number of anilines is 1. The van der Waals surface area contributed by atoms with E-state index in [0.717, 1.165) is 11.4 Å². The van der Waals surface area contributed by atoms with Crippen LogP contribution >= 0.6 is 0 Å². The molecule has 7 heteroatoms. The van der Waals surface area contributed by atoms with E-state index < -0.39 is 6.09 Å². The number of furan rings is 1. The van der Waals surface area contributed by atoms with Crippen LogP contribution in [-0.2, 0) is 10.3 Å². The Hall–Kier alpha value is -3.35. The third-order valence-electron chi connectivity index (χ3n) is 3.85. The zero-order chi connectivity index (χ0) is 19.4. The Bertz CT molecular complexity index is 936. The van der Waals surface area contributed by atoms with Crippen LogP contribution in [0.5, 0.6) is 0 Å². The number of oxime groups is 1. The molecule has 0 saturated heterocycles. The van der Waals surface area contributed by atoms with Crippen LogP contribution in [0.25, 0.3) is 5.69 Å². The van der Waals surface area contributed by atoms with Crippen molar-refractivity contribution >= 4 is 17.6 Å². The van der Waals surface area contributed by atoms with Crippen molar-refractivity contribution in [3.8, 4) is 5.69 Å². The number of carbonyl (C=O) groups excluding carboxylic acids is 1. The van der Waals surface area contributed by atoms with Gasteiger partial charge in [0.1, 0.15) is 5.71 Å². The molecule has 1 N–H and O–H groups in total. The highest BCUT2D eigenvalue weighted by Crippen LogP contribution is 2.27. The van der Waals surface area contributed by atoms with Gasteiger partial charge in [-0.3, -0.25) is 10.2 Å². The number of carbonyl (C=O) groups is 1. The molecule has 0 aliphatic carbocycles. The topological polar surface area (TPSA) is 81.6 Å². The molecule has 0 unspecified atom stereocenters. The predicted octanol–water partition coefficient (Wildman–Crippen LogP) is 4.74. The first kappa shape index (κ1) is 18.4. The van der Waals surface area contributed by atoms with Gasteiger partial charge < -0.3 is 4.42 Å². The Morgan fingerprint density at radius 2 is 1.93 bits per heavy atom. The lowest BCUT2D eigenvalue weighted by atomic mass is 9.92. The summed E-state index contributed by atoms with van der Waals surface area (Å²) >= 11 is 0. The van der Waals surface area contributed by atoms with Crippen molar-refractivity contribution in [2.45, 2.75) is 33.1 Å². The zero-order valence-corrected chi connectivity index (χ0v) is 15.8. The number of amides is 1. The molecule has 0 radical (unpaired) electrons. The average molecular weight is 366 g/mol. The molecule has 3 rings (SSSR count). The van der Waals surface area contributed by atoms with Crippen molar-refractivity contribution in [1.29, 1.82) is 0 Å². The largest absolute Gasteiger partial charge is 0.463 e. The van der Waals surface area contributed by atoms with Crippen LogP contribution in [0.15, 0.2) is 64.4 Å². The highest BCUT2D eigenvalue weighted by Gasteiger charge is 2.22. The van der Waals surface area contributed by atoms with E-state index in [2.05, 4.69) is 36.3 Å². The maximum atomic E-state index is 12.1. The molecule has 7 nitrogen and oxygen atoms in total. The third kappa shape index (κ3) is 4.44. The van der Waals surface area contributed by atoms with Gasteiger partial charge in [-0.2, -0.15) is 0 Å². The van der Waals surface area contributed by atoms with Crippen molar-refractivity contribution in [3.63, 3.8) is 0 Å².